The van der Waals surface area contributed by atoms with Gasteiger partial charge in [-0.1, -0.05) is 60.7 Å². The van der Waals surface area contributed by atoms with Gasteiger partial charge in [0.25, 0.3) is 0 Å². The Balaban J connectivity index is 2.33. The van der Waals surface area contributed by atoms with Gasteiger partial charge in [-0.3, -0.25) is 0 Å². The number of ether oxygens (including phenoxy) is 1. The summed E-state index contributed by atoms with van der Waals surface area (Å²) in [7, 11) is 2.00. The molecular weight excluding hydrogens is 246 g/mol. The maximum absolute atomic E-state index is 5.65. The van der Waals surface area contributed by atoms with Crippen LogP contribution in [0.3, 0.4) is 0 Å². The van der Waals surface area contributed by atoms with E-state index in [1.807, 2.05) is 14.0 Å². The quantitative estimate of drug-likeness (QED) is 0.831. The Morgan fingerprint density at radius 3 is 1.80 bits per heavy atom. The molecule has 20 heavy (non-hydrogen) atoms. The van der Waals surface area contributed by atoms with Crippen molar-refractivity contribution in [2.24, 2.45) is 0 Å². The molecule has 2 rings (SSSR count). The lowest BCUT2D eigenvalue weighted by Gasteiger charge is -2.27. The molecule has 0 aliphatic heterocycles. The average molecular weight is 269 g/mol. The van der Waals surface area contributed by atoms with E-state index < -0.39 is 0 Å². The Labute approximate surface area is 121 Å². The molecule has 2 aromatic rings. The number of likely N-dealkylation sites (N-methyl/N-ethyl adjacent to an activating group) is 1. The van der Waals surface area contributed by atoms with Gasteiger partial charge in [0.05, 0.1) is 6.61 Å². The van der Waals surface area contributed by atoms with E-state index in [2.05, 4.69) is 66.0 Å². The summed E-state index contributed by atoms with van der Waals surface area (Å²) in [5.74, 6) is 0.300. The monoisotopic (exact) mass is 269 g/mol. The minimum absolute atomic E-state index is 0.264. The van der Waals surface area contributed by atoms with Crippen molar-refractivity contribution >= 4 is 0 Å². The Kier molecular flexibility index (Phi) is 5.78. The highest BCUT2D eigenvalue weighted by Gasteiger charge is 2.23. The van der Waals surface area contributed by atoms with Gasteiger partial charge in [-0.25, -0.2) is 0 Å². The summed E-state index contributed by atoms with van der Waals surface area (Å²) in [5.41, 5.74) is 2.63. The van der Waals surface area contributed by atoms with Crippen molar-refractivity contribution in [2.75, 3.05) is 20.3 Å². The molecule has 0 saturated heterocycles. The van der Waals surface area contributed by atoms with Crippen LogP contribution < -0.4 is 5.32 Å². The molecule has 0 aliphatic rings. The van der Waals surface area contributed by atoms with E-state index in [-0.39, 0.29) is 6.04 Å². The molecular formula is C18H23NO. The zero-order valence-corrected chi connectivity index (χ0v) is 12.3. The first-order valence-electron chi connectivity index (χ1n) is 7.21. The second-order valence-corrected chi connectivity index (χ2v) is 4.85. The predicted octanol–water partition coefficient (Wildman–Crippen LogP) is 3.44. The van der Waals surface area contributed by atoms with E-state index in [4.69, 9.17) is 4.74 Å². The molecule has 0 aromatic heterocycles. The van der Waals surface area contributed by atoms with Gasteiger partial charge in [0, 0.05) is 18.6 Å². The first kappa shape index (κ1) is 14.8. The summed E-state index contributed by atoms with van der Waals surface area (Å²) >= 11 is 0. The van der Waals surface area contributed by atoms with Crippen LogP contribution in [0.2, 0.25) is 0 Å². The zero-order valence-electron chi connectivity index (χ0n) is 12.3. The molecule has 106 valence electrons. The van der Waals surface area contributed by atoms with Crippen molar-refractivity contribution in [3.05, 3.63) is 71.8 Å². The summed E-state index contributed by atoms with van der Waals surface area (Å²) < 4.78 is 5.65. The maximum atomic E-state index is 5.65. The molecule has 2 aromatic carbocycles. The van der Waals surface area contributed by atoms with Crippen LogP contribution in [0.5, 0.6) is 0 Å². The Hall–Kier alpha value is -1.64. The Morgan fingerprint density at radius 1 is 0.900 bits per heavy atom. The highest BCUT2D eigenvalue weighted by atomic mass is 16.5. The van der Waals surface area contributed by atoms with Gasteiger partial charge in [0.1, 0.15) is 0 Å². The molecule has 1 N–H and O–H groups in total. The fourth-order valence-electron chi connectivity index (χ4n) is 2.57. The summed E-state index contributed by atoms with van der Waals surface area (Å²) in [6.45, 7) is 3.49. The minimum atomic E-state index is 0.264. The second kappa shape index (κ2) is 7.83. The van der Waals surface area contributed by atoms with Gasteiger partial charge >= 0.3 is 0 Å². The van der Waals surface area contributed by atoms with E-state index in [1.54, 1.807) is 0 Å². The van der Waals surface area contributed by atoms with Crippen LogP contribution in [-0.4, -0.2) is 26.3 Å². The lowest BCUT2D eigenvalue weighted by molar-refractivity contribution is 0.120. The largest absolute Gasteiger partial charge is 0.380 e. The van der Waals surface area contributed by atoms with Crippen LogP contribution in [-0.2, 0) is 4.74 Å². The van der Waals surface area contributed by atoms with Crippen LogP contribution in [0, 0.1) is 0 Å². The van der Waals surface area contributed by atoms with E-state index in [0.29, 0.717) is 12.5 Å². The van der Waals surface area contributed by atoms with Crippen molar-refractivity contribution in [1.82, 2.24) is 5.32 Å². The van der Waals surface area contributed by atoms with Crippen LogP contribution in [0.4, 0.5) is 0 Å². The smallest absolute Gasteiger partial charge is 0.0628 e. The molecule has 0 radical (unpaired) electrons. The Bertz CT molecular complexity index is 444. The molecule has 2 nitrogen and oxygen atoms in total. The lowest BCUT2D eigenvalue weighted by atomic mass is 9.85. The molecule has 0 bridgehead atoms. The first-order chi connectivity index (χ1) is 9.86. The van der Waals surface area contributed by atoms with Gasteiger partial charge in [0.15, 0.2) is 0 Å². The predicted molar refractivity (Wildman–Crippen MR) is 84.1 cm³/mol. The third kappa shape index (κ3) is 3.69. The lowest BCUT2D eigenvalue weighted by Crippen LogP contribution is -2.37. The van der Waals surface area contributed by atoms with Gasteiger partial charge in [0.2, 0.25) is 0 Å². The van der Waals surface area contributed by atoms with Crippen molar-refractivity contribution in [1.29, 1.82) is 0 Å². The first-order valence-corrected chi connectivity index (χ1v) is 7.21. The average Bonchev–Trinajstić information content (AvgIpc) is 2.53. The van der Waals surface area contributed by atoms with Crippen molar-refractivity contribution in [2.45, 2.75) is 18.9 Å². The molecule has 0 fully saturated rings. The fraction of sp³-hybridized carbons (Fsp3) is 0.333. The zero-order chi connectivity index (χ0) is 14.2. The van der Waals surface area contributed by atoms with E-state index in [0.717, 1.165) is 6.61 Å². The van der Waals surface area contributed by atoms with E-state index in [1.165, 1.54) is 11.1 Å². The maximum Gasteiger partial charge on any atom is 0.0628 e. The third-order valence-corrected chi connectivity index (χ3v) is 3.59. The topological polar surface area (TPSA) is 21.3 Å². The number of hydrogen-bond donors (Lipinski definition) is 1. The number of hydrogen-bond acceptors (Lipinski definition) is 2. The second-order valence-electron chi connectivity index (χ2n) is 4.85. The van der Waals surface area contributed by atoms with E-state index in [9.17, 15) is 0 Å². The summed E-state index contributed by atoms with van der Waals surface area (Å²) in [6.07, 6.45) is 0. The van der Waals surface area contributed by atoms with Gasteiger partial charge in [-0.05, 0) is 25.1 Å². The van der Waals surface area contributed by atoms with Gasteiger partial charge < -0.3 is 10.1 Å². The number of rotatable bonds is 7. The summed E-state index contributed by atoms with van der Waals surface area (Å²) in [4.78, 5) is 0. The molecule has 1 atom stereocenters. The van der Waals surface area contributed by atoms with Crippen LogP contribution in [0.15, 0.2) is 60.7 Å². The molecule has 0 amide bonds. The molecule has 0 saturated carbocycles. The molecule has 0 heterocycles. The van der Waals surface area contributed by atoms with Gasteiger partial charge in [-0.15, -0.1) is 0 Å². The van der Waals surface area contributed by atoms with Crippen molar-refractivity contribution in [3.8, 4) is 0 Å². The van der Waals surface area contributed by atoms with Crippen molar-refractivity contribution < 1.29 is 4.74 Å². The summed E-state index contributed by atoms with van der Waals surface area (Å²) in [6, 6.07) is 21.5. The van der Waals surface area contributed by atoms with Crippen LogP contribution in [0.25, 0.3) is 0 Å². The molecule has 2 heteroatoms. The SMILES string of the molecule is CCOCC(NC)C(c1ccccc1)c1ccccc1. The number of nitrogens with one attached hydrogen (secondary N) is 1. The minimum Gasteiger partial charge on any atom is -0.380 e. The highest BCUT2D eigenvalue weighted by Crippen LogP contribution is 2.28. The fourth-order valence-corrected chi connectivity index (χ4v) is 2.57. The highest BCUT2D eigenvalue weighted by molar-refractivity contribution is 5.34. The van der Waals surface area contributed by atoms with Crippen LogP contribution in [0.1, 0.15) is 24.0 Å². The standard InChI is InChI=1S/C18H23NO/c1-3-20-14-17(19-2)18(15-10-6-4-7-11-15)16-12-8-5-9-13-16/h4-13,17-19H,3,14H2,1-2H3. The van der Waals surface area contributed by atoms with E-state index >= 15 is 0 Å². The number of benzene rings is 2. The molecule has 0 spiro atoms. The Morgan fingerprint density at radius 2 is 1.40 bits per heavy atom. The van der Waals surface area contributed by atoms with Gasteiger partial charge in [-0.2, -0.15) is 0 Å². The van der Waals surface area contributed by atoms with Crippen LogP contribution >= 0.6 is 0 Å². The summed E-state index contributed by atoms with van der Waals surface area (Å²) in [5, 5.41) is 3.41. The normalized spacial score (nSPS) is 12.6. The molecule has 0 aliphatic carbocycles. The third-order valence-electron chi connectivity index (χ3n) is 3.59. The van der Waals surface area contributed by atoms with Crippen molar-refractivity contribution in [3.63, 3.8) is 0 Å². The molecule has 1 unspecified atom stereocenters.